The minimum absolute atomic E-state index is 0.0193. The Hall–Kier alpha value is -0.780. The molecular weight excluding hydrogens is 353 g/mol. The standard InChI is InChI=1S/C15H20INO2/c1-2-5-12-6-3-4-9-17(12)15(19)13-10-11(16)7-8-14(13)18/h7-8,10,12,18H,2-6,9H2,1H3. The van der Waals surface area contributed by atoms with Crippen molar-refractivity contribution in [2.75, 3.05) is 6.54 Å². The second-order valence-corrected chi connectivity index (χ2v) is 6.34. The summed E-state index contributed by atoms with van der Waals surface area (Å²) in [7, 11) is 0. The highest BCUT2D eigenvalue weighted by Gasteiger charge is 2.28. The van der Waals surface area contributed by atoms with E-state index in [2.05, 4.69) is 29.5 Å². The molecule has 1 aliphatic rings. The average molecular weight is 373 g/mol. The largest absolute Gasteiger partial charge is 0.507 e. The predicted molar refractivity (Wildman–Crippen MR) is 84.4 cm³/mol. The minimum Gasteiger partial charge on any atom is -0.507 e. The number of nitrogens with zero attached hydrogens (tertiary/aromatic N) is 1. The van der Waals surface area contributed by atoms with Crippen molar-refractivity contribution in [3.63, 3.8) is 0 Å². The van der Waals surface area contributed by atoms with Crippen LogP contribution in [0.25, 0.3) is 0 Å². The third-order valence-corrected chi connectivity index (χ3v) is 4.37. The number of phenolic OH excluding ortho intramolecular Hbond substituents is 1. The maximum absolute atomic E-state index is 12.6. The molecule has 0 bridgehead atoms. The second kappa shape index (κ2) is 6.59. The Morgan fingerprint density at radius 2 is 2.26 bits per heavy atom. The summed E-state index contributed by atoms with van der Waals surface area (Å²) in [6, 6.07) is 5.53. The summed E-state index contributed by atoms with van der Waals surface area (Å²) in [5.74, 6) is 0.0698. The van der Waals surface area contributed by atoms with Crippen molar-refractivity contribution in [3.8, 4) is 5.75 Å². The van der Waals surface area contributed by atoms with Gasteiger partial charge >= 0.3 is 0 Å². The van der Waals surface area contributed by atoms with E-state index in [4.69, 9.17) is 0 Å². The molecule has 0 aliphatic carbocycles. The van der Waals surface area contributed by atoms with Crippen LogP contribution in [-0.2, 0) is 0 Å². The van der Waals surface area contributed by atoms with E-state index in [1.807, 2.05) is 11.0 Å². The highest BCUT2D eigenvalue weighted by atomic mass is 127. The summed E-state index contributed by atoms with van der Waals surface area (Å²) >= 11 is 2.17. The van der Waals surface area contributed by atoms with E-state index in [1.165, 1.54) is 6.42 Å². The lowest BCUT2D eigenvalue weighted by Crippen LogP contribution is -2.43. The Morgan fingerprint density at radius 1 is 1.47 bits per heavy atom. The first kappa shape index (κ1) is 14.6. The molecule has 2 rings (SSSR count). The maximum atomic E-state index is 12.6. The number of hydrogen-bond acceptors (Lipinski definition) is 2. The van der Waals surface area contributed by atoms with Crippen molar-refractivity contribution < 1.29 is 9.90 Å². The number of carbonyl (C=O) groups is 1. The van der Waals surface area contributed by atoms with E-state index in [1.54, 1.807) is 12.1 Å². The van der Waals surface area contributed by atoms with Crippen LogP contribution in [0.2, 0.25) is 0 Å². The van der Waals surface area contributed by atoms with E-state index in [9.17, 15) is 9.90 Å². The Bertz CT molecular complexity index is 459. The van der Waals surface area contributed by atoms with Gasteiger partial charge in [0.05, 0.1) is 5.56 Å². The smallest absolute Gasteiger partial charge is 0.257 e. The van der Waals surface area contributed by atoms with Gasteiger partial charge in [0.15, 0.2) is 0 Å². The molecule has 1 unspecified atom stereocenters. The quantitative estimate of drug-likeness (QED) is 0.819. The Kier molecular flexibility index (Phi) is 5.07. The van der Waals surface area contributed by atoms with Crippen LogP contribution < -0.4 is 0 Å². The highest BCUT2D eigenvalue weighted by Crippen LogP contribution is 2.27. The maximum Gasteiger partial charge on any atom is 0.257 e. The van der Waals surface area contributed by atoms with Crippen LogP contribution >= 0.6 is 22.6 Å². The SMILES string of the molecule is CCCC1CCCCN1C(=O)c1cc(I)ccc1O. The third kappa shape index (κ3) is 3.41. The zero-order chi connectivity index (χ0) is 13.8. The molecule has 3 nitrogen and oxygen atoms in total. The van der Waals surface area contributed by atoms with Crippen LogP contribution in [0, 0.1) is 3.57 Å². The minimum atomic E-state index is -0.0193. The van der Waals surface area contributed by atoms with E-state index < -0.39 is 0 Å². The normalized spacial score (nSPS) is 19.5. The molecular formula is C15H20INO2. The van der Waals surface area contributed by atoms with Gasteiger partial charge in [-0.15, -0.1) is 0 Å². The number of benzene rings is 1. The third-order valence-electron chi connectivity index (χ3n) is 3.70. The summed E-state index contributed by atoms with van der Waals surface area (Å²) in [5.41, 5.74) is 0.440. The van der Waals surface area contributed by atoms with Gasteiger partial charge in [-0.05, 0) is 66.5 Å². The molecule has 19 heavy (non-hydrogen) atoms. The van der Waals surface area contributed by atoms with E-state index in [-0.39, 0.29) is 11.7 Å². The highest BCUT2D eigenvalue weighted by molar-refractivity contribution is 14.1. The number of aromatic hydroxyl groups is 1. The Morgan fingerprint density at radius 3 is 3.00 bits per heavy atom. The zero-order valence-corrected chi connectivity index (χ0v) is 13.4. The second-order valence-electron chi connectivity index (χ2n) is 5.10. The molecule has 1 saturated heterocycles. The molecule has 1 heterocycles. The number of likely N-dealkylation sites (tertiary alicyclic amines) is 1. The van der Waals surface area contributed by atoms with Crippen molar-refractivity contribution in [1.82, 2.24) is 4.90 Å². The monoisotopic (exact) mass is 373 g/mol. The predicted octanol–water partition coefficient (Wildman–Crippen LogP) is 3.79. The summed E-state index contributed by atoms with van der Waals surface area (Å²) in [5, 5.41) is 9.90. The molecule has 1 fully saturated rings. The molecule has 0 radical (unpaired) electrons. The van der Waals surface area contributed by atoms with Gasteiger partial charge in [-0.2, -0.15) is 0 Å². The van der Waals surface area contributed by atoms with Crippen LogP contribution in [0.1, 0.15) is 49.4 Å². The van der Waals surface area contributed by atoms with Gasteiger partial charge in [0.25, 0.3) is 5.91 Å². The number of halogens is 1. The van der Waals surface area contributed by atoms with Gasteiger partial charge < -0.3 is 10.0 Å². The molecule has 0 spiro atoms. The molecule has 1 aromatic carbocycles. The number of carbonyl (C=O) groups excluding carboxylic acids is 1. The molecule has 0 saturated carbocycles. The average Bonchev–Trinajstić information content (AvgIpc) is 2.42. The van der Waals surface area contributed by atoms with Crippen LogP contribution in [0.15, 0.2) is 18.2 Å². The number of amides is 1. The van der Waals surface area contributed by atoms with Gasteiger partial charge in [0, 0.05) is 16.2 Å². The molecule has 1 aliphatic heterocycles. The lowest BCUT2D eigenvalue weighted by atomic mass is 9.97. The van der Waals surface area contributed by atoms with Crippen LogP contribution in [0.3, 0.4) is 0 Å². The van der Waals surface area contributed by atoms with Crippen molar-refractivity contribution in [2.45, 2.75) is 45.1 Å². The first-order valence-electron chi connectivity index (χ1n) is 6.93. The molecule has 1 amide bonds. The lowest BCUT2D eigenvalue weighted by Gasteiger charge is -2.36. The number of rotatable bonds is 3. The van der Waals surface area contributed by atoms with E-state index >= 15 is 0 Å². The number of phenols is 1. The van der Waals surface area contributed by atoms with Gasteiger partial charge in [-0.3, -0.25) is 4.79 Å². The van der Waals surface area contributed by atoms with Crippen molar-refractivity contribution >= 4 is 28.5 Å². The van der Waals surface area contributed by atoms with Crippen LogP contribution in [0.4, 0.5) is 0 Å². The fourth-order valence-corrected chi connectivity index (χ4v) is 3.23. The molecule has 1 aromatic rings. The van der Waals surface area contributed by atoms with Gasteiger partial charge in [-0.1, -0.05) is 13.3 Å². The van der Waals surface area contributed by atoms with E-state index in [0.717, 1.165) is 35.8 Å². The summed E-state index contributed by atoms with van der Waals surface area (Å²) in [4.78, 5) is 14.6. The zero-order valence-electron chi connectivity index (χ0n) is 11.2. The van der Waals surface area contributed by atoms with Crippen molar-refractivity contribution in [1.29, 1.82) is 0 Å². The molecule has 1 atom stereocenters. The first-order valence-corrected chi connectivity index (χ1v) is 8.01. The van der Waals surface area contributed by atoms with Crippen LogP contribution in [-0.4, -0.2) is 28.5 Å². The fourth-order valence-electron chi connectivity index (χ4n) is 2.74. The number of hydrogen-bond donors (Lipinski definition) is 1. The van der Waals surface area contributed by atoms with Crippen molar-refractivity contribution in [3.05, 3.63) is 27.3 Å². The Balaban J connectivity index is 2.23. The fraction of sp³-hybridized carbons (Fsp3) is 0.533. The lowest BCUT2D eigenvalue weighted by molar-refractivity contribution is 0.0597. The van der Waals surface area contributed by atoms with Crippen molar-refractivity contribution in [2.24, 2.45) is 0 Å². The summed E-state index contributed by atoms with van der Waals surface area (Å²) < 4.78 is 0.975. The Labute approximate surface area is 128 Å². The molecule has 1 N–H and O–H groups in total. The molecule has 104 valence electrons. The van der Waals surface area contributed by atoms with Crippen LogP contribution in [0.5, 0.6) is 5.75 Å². The van der Waals surface area contributed by atoms with E-state index in [0.29, 0.717) is 11.6 Å². The summed E-state index contributed by atoms with van der Waals surface area (Å²) in [6.45, 7) is 2.97. The van der Waals surface area contributed by atoms with Gasteiger partial charge in [0.1, 0.15) is 5.75 Å². The summed E-state index contributed by atoms with van der Waals surface area (Å²) in [6.07, 6.45) is 5.50. The molecule has 0 aromatic heterocycles. The molecule has 4 heteroatoms. The van der Waals surface area contributed by atoms with Gasteiger partial charge in [0.2, 0.25) is 0 Å². The van der Waals surface area contributed by atoms with Gasteiger partial charge in [-0.25, -0.2) is 0 Å². The first-order chi connectivity index (χ1) is 9.13. The topological polar surface area (TPSA) is 40.5 Å². The number of piperidine rings is 1.